The van der Waals surface area contributed by atoms with E-state index >= 15 is 0 Å². The van der Waals surface area contributed by atoms with Gasteiger partial charge in [-0.1, -0.05) is 60.8 Å². The van der Waals surface area contributed by atoms with Gasteiger partial charge in [0, 0.05) is 12.5 Å². The van der Waals surface area contributed by atoms with Crippen molar-refractivity contribution in [3.05, 3.63) is 0 Å². The molecule has 0 aliphatic heterocycles. The van der Waals surface area contributed by atoms with Crippen LogP contribution in [0.3, 0.4) is 0 Å². The molecule has 0 bridgehead atoms. The third kappa shape index (κ3) is 7.49. The highest BCUT2D eigenvalue weighted by Gasteiger charge is 2.31. The van der Waals surface area contributed by atoms with Gasteiger partial charge in [0.1, 0.15) is 0 Å². The average molecular weight is 298 g/mol. The Morgan fingerprint density at radius 2 is 1.62 bits per heavy atom. The molecule has 0 radical (unpaired) electrons. The maximum absolute atomic E-state index is 12.0. The Kier molecular flexibility index (Phi) is 9.31. The van der Waals surface area contributed by atoms with Crippen molar-refractivity contribution in [3.63, 3.8) is 0 Å². The summed E-state index contributed by atoms with van der Waals surface area (Å²) in [6.07, 6.45) is 6.18. The minimum absolute atomic E-state index is 0.0892. The van der Waals surface area contributed by atoms with Gasteiger partial charge in [0.25, 0.3) is 0 Å². The summed E-state index contributed by atoms with van der Waals surface area (Å²) in [5.74, 6) is 0.0892. The van der Waals surface area contributed by atoms with E-state index in [1.54, 1.807) is 0 Å². The SMILES string of the molecule is CC.CCC(=O)C(NC(=O)NC1CCCCC1)C(C)(C)C. The topological polar surface area (TPSA) is 58.2 Å². The molecule has 1 aliphatic carbocycles. The summed E-state index contributed by atoms with van der Waals surface area (Å²) in [6.45, 7) is 11.8. The number of rotatable bonds is 4. The molecule has 1 aliphatic rings. The lowest BCUT2D eigenvalue weighted by Gasteiger charge is -2.31. The number of urea groups is 1. The minimum atomic E-state index is -0.416. The van der Waals surface area contributed by atoms with Crippen molar-refractivity contribution in [2.45, 2.75) is 92.2 Å². The quantitative estimate of drug-likeness (QED) is 0.823. The van der Waals surface area contributed by atoms with Crippen molar-refractivity contribution in [1.29, 1.82) is 0 Å². The molecule has 21 heavy (non-hydrogen) atoms. The van der Waals surface area contributed by atoms with Crippen LogP contribution in [0, 0.1) is 5.41 Å². The first-order chi connectivity index (χ1) is 9.84. The van der Waals surface area contributed by atoms with E-state index in [1.165, 1.54) is 19.3 Å². The summed E-state index contributed by atoms with van der Waals surface area (Å²) < 4.78 is 0. The lowest BCUT2D eigenvalue weighted by Crippen LogP contribution is -2.54. The fourth-order valence-corrected chi connectivity index (χ4v) is 2.59. The van der Waals surface area contributed by atoms with Gasteiger partial charge in [-0.2, -0.15) is 0 Å². The van der Waals surface area contributed by atoms with Gasteiger partial charge in [-0.15, -0.1) is 0 Å². The van der Waals surface area contributed by atoms with Crippen molar-refractivity contribution in [2.75, 3.05) is 0 Å². The summed E-state index contributed by atoms with van der Waals surface area (Å²) in [6, 6.07) is -0.346. The predicted molar refractivity (Wildman–Crippen MR) is 88.4 cm³/mol. The van der Waals surface area contributed by atoms with E-state index in [-0.39, 0.29) is 23.3 Å². The van der Waals surface area contributed by atoms with Crippen molar-refractivity contribution in [3.8, 4) is 0 Å². The Bertz CT molecular complexity index is 315. The summed E-state index contributed by atoms with van der Waals surface area (Å²) >= 11 is 0. The van der Waals surface area contributed by atoms with Gasteiger partial charge in [0.15, 0.2) is 5.78 Å². The Balaban J connectivity index is 0.00000191. The van der Waals surface area contributed by atoms with Crippen LogP contribution in [-0.2, 0) is 4.79 Å². The molecule has 1 unspecified atom stereocenters. The van der Waals surface area contributed by atoms with Gasteiger partial charge in [0.05, 0.1) is 6.04 Å². The standard InChI is InChI=1S/C15H28N2O2.C2H6/c1-5-12(18)13(15(2,3)4)17-14(19)16-11-9-7-6-8-10-11;1-2/h11,13H,5-10H2,1-4H3,(H2,16,17,19);1-2H3. The number of nitrogens with one attached hydrogen (secondary N) is 2. The monoisotopic (exact) mass is 298 g/mol. The van der Waals surface area contributed by atoms with E-state index in [1.807, 2.05) is 41.5 Å². The molecule has 1 rings (SSSR count). The Hall–Kier alpha value is -1.06. The van der Waals surface area contributed by atoms with Crippen LogP contribution in [0.15, 0.2) is 0 Å². The molecular weight excluding hydrogens is 264 g/mol. The molecule has 124 valence electrons. The largest absolute Gasteiger partial charge is 0.335 e. The van der Waals surface area contributed by atoms with E-state index in [0.717, 1.165) is 12.8 Å². The number of hydrogen-bond acceptors (Lipinski definition) is 2. The molecule has 0 heterocycles. The van der Waals surface area contributed by atoms with E-state index < -0.39 is 6.04 Å². The molecule has 1 fully saturated rings. The highest BCUT2D eigenvalue weighted by atomic mass is 16.2. The van der Waals surface area contributed by atoms with Gasteiger partial charge >= 0.3 is 6.03 Å². The van der Waals surface area contributed by atoms with E-state index in [9.17, 15) is 9.59 Å². The van der Waals surface area contributed by atoms with Crippen LogP contribution in [0.25, 0.3) is 0 Å². The summed E-state index contributed by atoms with van der Waals surface area (Å²) in [7, 11) is 0. The maximum atomic E-state index is 12.0. The van der Waals surface area contributed by atoms with Gasteiger partial charge in [-0.05, 0) is 18.3 Å². The van der Waals surface area contributed by atoms with Crippen LogP contribution in [0.5, 0.6) is 0 Å². The summed E-state index contributed by atoms with van der Waals surface area (Å²) in [4.78, 5) is 24.0. The molecule has 0 saturated heterocycles. The van der Waals surface area contributed by atoms with Crippen molar-refractivity contribution in [1.82, 2.24) is 10.6 Å². The third-order valence-corrected chi connectivity index (χ3v) is 3.75. The lowest BCUT2D eigenvalue weighted by atomic mass is 9.83. The van der Waals surface area contributed by atoms with Crippen LogP contribution in [0.2, 0.25) is 0 Å². The second-order valence-corrected chi connectivity index (χ2v) is 6.57. The number of ketones is 1. The molecule has 1 saturated carbocycles. The summed E-state index contributed by atoms with van der Waals surface area (Å²) in [5, 5.41) is 5.85. The number of carbonyl (C=O) groups excluding carboxylic acids is 2. The smallest absolute Gasteiger partial charge is 0.315 e. The Morgan fingerprint density at radius 3 is 2.05 bits per heavy atom. The number of carbonyl (C=O) groups is 2. The second kappa shape index (κ2) is 9.80. The zero-order valence-corrected chi connectivity index (χ0v) is 14.7. The molecule has 2 amide bonds. The number of hydrogen-bond donors (Lipinski definition) is 2. The van der Waals surface area contributed by atoms with Gasteiger partial charge in [-0.3, -0.25) is 4.79 Å². The van der Waals surface area contributed by atoms with Crippen LogP contribution in [0.1, 0.15) is 80.1 Å². The average Bonchev–Trinajstić information content (AvgIpc) is 2.46. The van der Waals surface area contributed by atoms with Crippen molar-refractivity contribution in [2.24, 2.45) is 5.41 Å². The van der Waals surface area contributed by atoms with Crippen molar-refractivity contribution >= 4 is 11.8 Å². The van der Waals surface area contributed by atoms with Crippen LogP contribution >= 0.6 is 0 Å². The first-order valence-electron chi connectivity index (χ1n) is 8.44. The van der Waals surface area contributed by atoms with Crippen LogP contribution in [0.4, 0.5) is 4.79 Å². The molecule has 0 aromatic heterocycles. The van der Waals surface area contributed by atoms with Gasteiger partial charge < -0.3 is 10.6 Å². The fourth-order valence-electron chi connectivity index (χ4n) is 2.59. The number of amides is 2. The predicted octanol–water partition coefficient (Wildman–Crippen LogP) is 4.04. The zero-order chi connectivity index (χ0) is 16.5. The molecule has 0 aromatic rings. The highest BCUT2D eigenvalue weighted by molar-refractivity contribution is 5.89. The van der Waals surface area contributed by atoms with Gasteiger partial charge in [-0.25, -0.2) is 4.79 Å². The molecular formula is C17H34N2O2. The van der Waals surface area contributed by atoms with E-state index in [2.05, 4.69) is 10.6 Å². The maximum Gasteiger partial charge on any atom is 0.315 e. The molecule has 0 spiro atoms. The van der Waals surface area contributed by atoms with Crippen LogP contribution < -0.4 is 10.6 Å². The van der Waals surface area contributed by atoms with E-state index in [0.29, 0.717) is 6.42 Å². The molecule has 4 nitrogen and oxygen atoms in total. The first-order valence-corrected chi connectivity index (χ1v) is 8.44. The molecule has 0 aromatic carbocycles. The van der Waals surface area contributed by atoms with Crippen LogP contribution in [-0.4, -0.2) is 23.9 Å². The first kappa shape index (κ1) is 19.9. The fraction of sp³-hybridized carbons (Fsp3) is 0.882. The normalized spacial score (nSPS) is 17.2. The molecule has 2 N–H and O–H groups in total. The third-order valence-electron chi connectivity index (χ3n) is 3.75. The Morgan fingerprint density at radius 1 is 1.10 bits per heavy atom. The van der Waals surface area contributed by atoms with Gasteiger partial charge in [0.2, 0.25) is 0 Å². The van der Waals surface area contributed by atoms with Crippen molar-refractivity contribution < 1.29 is 9.59 Å². The zero-order valence-electron chi connectivity index (χ0n) is 14.7. The highest BCUT2D eigenvalue weighted by Crippen LogP contribution is 2.21. The Labute approximate surface area is 130 Å². The molecule has 1 atom stereocenters. The summed E-state index contributed by atoms with van der Waals surface area (Å²) in [5.41, 5.74) is -0.253. The molecule has 4 heteroatoms. The lowest BCUT2D eigenvalue weighted by molar-refractivity contribution is -0.122. The minimum Gasteiger partial charge on any atom is -0.335 e. The number of Topliss-reactive ketones (excluding diaryl/α,β-unsaturated/α-hetero) is 1. The second-order valence-electron chi connectivity index (χ2n) is 6.57. The van der Waals surface area contributed by atoms with E-state index in [4.69, 9.17) is 0 Å².